The maximum absolute atomic E-state index is 12.5. The van der Waals surface area contributed by atoms with E-state index < -0.39 is 16.1 Å². The first-order valence-corrected chi connectivity index (χ1v) is 10.4. The Kier molecular flexibility index (Phi) is 4.40. The van der Waals surface area contributed by atoms with Gasteiger partial charge in [-0.3, -0.25) is 9.20 Å². The minimum Gasteiger partial charge on any atom is -0.325 e. The fourth-order valence-electron chi connectivity index (χ4n) is 3.32. The van der Waals surface area contributed by atoms with Crippen molar-refractivity contribution in [2.24, 2.45) is 0 Å². The van der Waals surface area contributed by atoms with Crippen LogP contribution in [-0.4, -0.2) is 51.8 Å². The van der Waals surface area contributed by atoms with Crippen molar-refractivity contribution in [3.63, 3.8) is 0 Å². The third-order valence-corrected chi connectivity index (χ3v) is 5.91. The molecule has 9 heteroatoms. The average molecular weight is 385 g/mol. The van der Waals surface area contributed by atoms with Gasteiger partial charge in [0, 0.05) is 36.4 Å². The minimum atomic E-state index is -3.39. The Balaban J connectivity index is 1.50. The second kappa shape index (κ2) is 6.75. The van der Waals surface area contributed by atoms with Crippen LogP contribution in [0.3, 0.4) is 0 Å². The number of fused-ring (bicyclic) bond motifs is 1. The normalized spacial score (nSPS) is 18.0. The first-order valence-electron chi connectivity index (χ1n) is 8.60. The van der Waals surface area contributed by atoms with Gasteiger partial charge in [0.25, 0.3) is 0 Å². The molecule has 3 heterocycles. The molecule has 0 spiro atoms. The van der Waals surface area contributed by atoms with E-state index in [0.717, 1.165) is 17.5 Å². The standard InChI is InChI=1S/C18H19N5O3S/c1-27(25,26)23-11-2-4-16(23)17(24)20-14-7-5-13(6-8-14)15-12-22-10-3-9-19-18(22)21-15/h3,5-10,12,16H,2,4,11H2,1H3,(H,20,24). The fourth-order valence-corrected chi connectivity index (χ4v) is 4.44. The molecule has 4 rings (SSSR count). The number of imidazole rings is 1. The highest BCUT2D eigenvalue weighted by molar-refractivity contribution is 7.88. The topological polar surface area (TPSA) is 96.7 Å². The summed E-state index contributed by atoms with van der Waals surface area (Å²) in [7, 11) is -3.39. The summed E-state index contributed by atoms with van der Waals surface area (Å²) in [6.07, 6.45) is 7.81. The van der Waals surface area contributed by atoms with Crippen LogP contribution in [0.1, 0.15) is 12.8 Å². The third kappa shape index (κ3) is 3.56. The van der Waals surface area contributed by atoms with Crippen molar-refractivity contribution >= 4 is 27.4 Å². The number of nitrogens with zero attached hydrogens (tertiary/aromatic N) is 4. The van der Waals surface area contributed by atoms with Gasteiger partial charge in [0.1, 0.15) is 6.04 Å². The van der Waals surface area contributed by atoms with Crippen LogP contribution >= 0.6 is 0 Å². The number of amides is 1. The Morgan fingerprint density at radius 3 is 2.74 bits per heavy atom. The van der Waals surface area contributed by atoms with E-state index in [1.165, 1.54) is 4.31 Å². The monoisotopic (exact) mass is 385 g/mol. The second-order valence-corrected chi connectivity index (χ2v) is 8.49. The predicted molar refractivity (Wildman–Crippen MR) is 102 cm³/mol. The molecule has 3 aromatic rings. The van der Waals surface area contributed by atoms with E-state index in [0.29, 0.717) is 30.9 Å². The van der Waals surface area contributed by atoms with Gasteiger partial charge in [-0.2, -0.15) is 4.31 Å². The van der Waals surface area contributed by atoms with Crippen molar-refractivity contribution in [3.8, 4) is 11.3 Å². The van der Waals surface area contributed by atoms with Crippen LogP contribution in [0.2, 0.25) is 0 Å². The second-order valence-electron chi connectivity index (χ2n) is 6.55. The maximum Gasteiger partial charge on any atom is 0.242 e. The van der Waals surface area contributed by atoms with Crippen molar-refractivity contribution in [1.29, 1.82) is 0 Å². The van der Waals surface area contributed by atoms with Gasteiger partial charge >= 0.3 is 0 Å². The van der Waals surface area contributed by atoms with Crippen LogP contribution < -0.4 is 5.32 Å². The van der Waals surface area contributed by atoms with Gasteiger partial charge in [-0.15, -0.1) is 0 Å². The summed E-state index contributed by atoms with van der Waals surface area (Å²) in [4.78, 5) is 21.2. The van der Waals surface area contributed by atoms with E-state index in [1.807, 2.05) is 35.0 Å². The minimum absolute atomic E-state index is 0.303. The van der Waals surface area contributed by atoms with Crippen LogP contribution in [-0.2, 0) is 14.8 Å². The number of sulfonamides is 1. The summed E-state index contributed by atoms with van der Waals surface area (Å²) >= 11 is 0. The van der Waals surface area contributed by atoms with E-state index >= 15 is 0 Å². The smallest absolute Gasteiger partial charge is 0.242 e. The van der Waals surface area contributed by atoms with Gasteiger partial charge in [0.2, 0.25) is 21.7 Å². The van der Waals surface area contributed by atoms with Crippen LogP contribution in [0.25, 0.3) is 17.0 Å². The van der Waals surface area contributed by atoms with E-state index in [9.17, 15) is 13.2 Å². The Bertz CT molecular complexity index is 1060. The molecule has 1 N–H and O–H groups in total. The number of carbonyl (C=O) groups is 1. The molecular weight excluding hydrogens is 366 g/mol. The van der Waals surface area contributed by atoms with Crippen molar-refractivity contribution in [3.05, 3.63) is 48.9 Å². The molecule has 27 heavy (non-hydrogen) atoms. The van der Waals surface area contributed by atoms with Crippen LogP contribution in [0.5, 0.6) is 0 Å². The molecule has 1 aliphatic rings. The summed E-state index contributed by atoms with van der Waals surface area (Å²) < 4.78 is 26.7. The summed E-state index contributed by atoms with van der Waals surface area (Å²) in [6.45, 7) is 0.387. The van der Waals surface area contributed by atoms with Crippen LogP contribution in [0.4, 0.5) is 5.69 Å². The third-order valence-electron chi connectivity index (χ3n) is 4.62. The van der Waals surface area contributed by atoms with E-state index in [1.54, 1.807) is 18.3 Å². The number of hydrogen-bond donors (Lipinski definition) is 1. The van der Waals surface area contributed by atoms with Gasteiger partial charge in [-0.25, -0.2) is 18.4 Å². The summed E-state index contributed by atoms with van der Waals surface area (Å²) in [5, 5.41) is 2.81. The number of anilines is 1. The predicted octanol–water partition coefficient (Wildman–Crippen LogP) is 1.76. The van der Waals surface area contributed by atoms with E-state index in [2.05, 4.69) is 15.3 Å². The summed E-state index contributed by atoms with van der Waals surface area (Å²) in [5.41, 5.74) is 2.30. The molecule has 1 saturated heterocycles. The Labute approximate surface area is 156 Å². The van der Waals surface area contributed by atoms with E-state index in [-0.39, 0.29) is 5.91 Å². The molecule has 0 saturated carbocycles. The molecule has 0 radical (unpaired) electrons. The Hall–Kier alpha value is -2.78. The van der Waals surface area contributed by atoms with Crippen LogP contribution in [0, 0.1) is 0 Å². The van der Waals surface area contributed by atoms with Gasteiger partial charge < -0.3 is 5.32 Å². The fraction of sp³-hybridized carbons (Fsp3) is 0.278. The van der Waals surface area contributed by atoms with Crippen molar-refractivity contribution in [1.82, 2.24) is 18.7 Å². The van der Waals surface area contributed by atoms with Gasteiger partial charge in [-0.05, 0) is 31.0 Å². The molecule has 1 aliphatic heterocycles. The molecule has 140 valence electrons. The molecule has 0 aliphatic carbocycles. The number of benzene rings is 1. The molecule has 1 atom stereocenters. The maximum atomic E-state index is 12.5. The zero-order valence-corrected chi connectivity index (χ0v) is 15.6. The number of rotatable bonds is 4. The first kappa shape index (κ1) is 17.6. The number of hydrogen-bond acceptors (Lipinski definition) is 5. The zero-order valence-electron chi connectivity index (χ0n) is 14.7. The number of aromatic nitrogens is 3. The van der Waals surface area contributed by atoms with E-state index in [4.69, 9.17) is 0 Å². The molecule has 1 fully saturated rings. The van der Waals surface area contributed by atoms with Crippen molar-refractivity contribution in [2.45, 2.75) is 18.9 Å². The largest absolute Gasteiger partial charge is 0.325 e. The lowest BCUT2D eigenvalue weighted by Crippen LogP contribution is -2.42. The molecular formula is C18H19N5O3S. The molecule has 2 aromatic heterocycles. The number of carbonyl (C=O) groups excluding carboxylic acids is 1. The molecule has 1 unspecified atom stereocenters. The zero-order chi connectivity index (χ0) is 19.0. The van der Waals surface area contributed by atoms with Crippen molar-refractivity contribution in [2.75, 3.05) is 18.1 Å². The molecule has 1 amide bonds. The summed E-state index contributed by atoms with van der Waals surface area (Å²) in [6, 6.07) is 8.47. The Morgan fingerprint density at radius 1 is 1.26 bits per heavy atom. The SMILES string of the molecule is CS(=O)(=O)N1CCCC1C(=O)Nc1ccc(-c2cn3cccnc3n2)cc1. The highest BCUT2D eigenvalue weighted by Crippen LogP contribution is 2.24. The highest BCUT2D eigenvalue weighted by Gasteiger charge is 2.36. The number of nitrogens with one attached hydrogen (secondary N) is 1. The quantitative estimate of drug-likeness (QED) is 0.738. The Morgan fingerprint density at radius 2 is 2.04 bits per heavy atom. The molecule has 1 aromatic carbocycles. The lowest BCUT2D eigenvalue weighted by molar-refractivity contribution is -0.119. The van der Waals surface area contributed by atoms with Crippen LogP contribution in [0.15, 0.2) is 48.9 Å². The van der Waals surface area contributed by atoms with Gasteiger partial charge in [-0.1, -0.05) is 12.1 Å². The molecule has 8 nitrogen and oxygen atoms in total. The van der Waals surface area contributed by atoms with Crippen molar-refractivity contribution < 1.29 is 13.2 Å². The van der Waals surface area contributed by atoms with Gasteiger partial charge in [0.15, 0.2) is 0 Å². The lowest BCUT2D eigenvalue weighted by atomic mass is 10.1. The average Bonchev–Trinajstić information content (AvgIpc) is 3.29. The molecule has 0 bridgehead atoms. The van der Waals surface area contributed by atoms with Gasteiger partial charge in [0.05, 0.1) is 11.9 Å². The first-order chi connectivity index (χ1) is 12.9. The highest BCUT2D eigenvalue weighted by atomic mass is 32.2. The lowest BCUT2D eigenvalue weighted by Gasteiger charge is -2.21. The summed E-state index contributed by atoms with van der Waals surface area (Å²) in [5.74, 6) is 0.314.